The summed E-state index contributed by atoms with van der Waals surface area (Å²) >= 11 is 0. The Kier molecular flexibility index (Phi) is 1.93. The smallest absolute Gasteiger partial charge is 0.416 e. The van der Waals surface area contributed by atoms with E-state index in [1.165, 1.54) is 10.6 Å². The van der Waals surface area contributed by atoms with E-state index >= 15 is 0 Å². The SMILES string of the molecule is Cc1c(C)n(C(=O)O)c2ccc(O)cc12. The summed E-state index contributed by atoms with van der Waals surface area (Å²) in [4.78, 5) is 11.0. The number of aromatic nitrogens is 1. The lowest BCUT2D eigenvalue weighted by Crippen LogP contribution is -2.09. The minimum Gasteiger partial charge on any atom is -0.508 e. The molecular formula is C11H11NO3. The third kappa shape index (κ3) is 1.26. The van der Waals surface area contributed by atoms with Gasteiger partial charge in [0.15, 0.2) is 0 Å². The van der Waals surface area contributed by atoms with Crippen LogP contribution in [0, 0.1) is 13.8 Å². The van der Waals surface area contributed by atoms with Crippen LogP contribution < -0.4 is 0 Å². The molecular weight excluding hydrogens is 194 g/mol. The summed E-state index contributed by atoms with van der Waals surface area (Å²) in [5.74, 6) is 0.146. The molecule has 0 aliphatic heterocycles. The highest BCUT2D eigenvalue weighted by Crippen LogP contribution is 2.27. The number of benzene rings is 1. The summed E-state index contributed by atoms with van der Waals surface area (Å²) in [5.41, 5.74) is 2.17. The Morgan fingerprint density at radius 3 is 2.60 bits per heavy atom. The van der Waals surface area contributed by atoms with Crippen molar-refractivity contribution in [3.8, 4) is 5.75 Å². The second-order valence-corrected chi connectivity index (χ2v) is 3.53. The highest BCUT2D eigenvalue weighted by Gasteiger charge is 2.15. The molecule has 2 aromatic rings. The van der Waals surface area contributed by atoms with Crippen LogP contribution in [0.1, 0.15) is 11.3 Å². The van der Waals surface area contributed by atoms with Crippen molar-refractivity contribution in [1.82, 2.24) is 4.57 Å². The molecule has 0 atom stereocenters. The fraction of sp³-hybridized carbons (Fsp3) is 0.182. The zero-order chi connectivity index (χ0) is 11.2. The largest absolute Gasteiger partial charge is 0.508 e. The van der Waals surface area contributed by atoms with Crippen LogP contribution in [-0.4, -0.2) is 20.9 Å². The number of aromatic hydroxyl groups is 1. The average molecular weight is 205 g/mol. The zero-order valence-corrected chi connectivity index (χ0v) is 8.48. The summed E-state index contributed by atoms with van der Waals surface area (Å²) in [5, 5.41) is 19.2. The fourth-order valence-electron chi connectivity index (χ4n) is 1.81. The van der Waals surface area contributed by atoms with Crippen molar-refractivity contribution in [2.24, 2.45) is 0 Å². The zero-order valence-electron chi connectivity index (χ0n) is 8.48. The Balaban J connectivity index is 2.93. The number of phenolic OH excluding ortho intramolecular Hbond substituents is 1. The van der Waals surface area contributed by atoms with Gasteiger partial charge in [0.2, 0.25) is 0 Å². The number of hydrogen-bond donors (Lipinski definition) is 2. The predicted molar refractivity (Wildman–Crippen MR) is 56.5 cm³/mol. The number of rotatable bonds is 0. The molecule has 0 saturated heterocycles. The number of phenols is 1. The molecule has 0 saturated carbocycles. The van der Waals surface area contributed by atoms with E-state index < -0.39 is 6.09 Å². The van der Waals surface area contributed by atoms with E-state index in [1.54, 1.807) is 19.1 Å². The molecule has 0 fully saturated rings. The first-order chi connectivity index (χ1) is 7.02. The van der Waals surface area contributed by atoms with Crippen LogP contribution in [0.15, 0.2) is 18.2 Å². The summed E-state index contributed by atoms with van der Waals surface area (Å²) in [6.45, 7) is 3.59. The molecule has 1 aromatic carbocycles. The van der Waals surface area contributed by atoms with E-state index in [0.29, 0.717) is 11.2 Å². The Morgan fingerprint density at radius 2 is 2.00 bits per heavy atom. The second-order valence-electron chi connectivity index (χ2n) is 3.53. The van der Waals surface area contributed by atoms with Crippen LogP contribution in [0.2, 0.25) is 0 Å². The third-order valence-corrected chi connectivity index (χ3v) is 2.69. The highest BCUT2D eigenvalue weighted by molar-refractivity contribution is 5.93. The lowest BCUT2D eigenvalue weighted by Gasteiger charge is -2.00. The third-order valence-electron chi connectivity index (χ3n) is 2.69. The van der Waals surface area contributed by atoms with Crippen LogP contribution in [0.5, 0.6) is 5.75 Å². The first-order valence-electron chi connectivity index (χ1n) is 4.56. The summed E-state index contributed by atoms with van der Waals surface area (Å²) < 4.78 is 1.23. The molecule has 4 nitrogen and oxygen atoms in total. The van der Waals surface area contributed by atoms with Gasteiger partial charge in [-0.2, -0.15) is 0 Å². The van der Waals surface area contributed by atoms with Gasteiger partial charge in [-0.25, -0.2) is 9.36 Å². The maximum absolute atomic E-state index is 11.0. The molecule has 0 radical (unpaired) electrons. The lowest BCUT2D eigenvalue weighted by molar-refractivity contribution is 0.197. The van der Waals surface area contributed by atoms with Gasteiger partial charge in [0, 0.05) is 11.1 Å². The molecule has 0 aliphatic rings. The normalized spacial score (nSPS) is 10.8. The number of aryl methyl sites for hydroxylation is 1. The molecule has 2 N–H and O–H groups in total. The van der Waals surface area contributed by atoms with E-state index in [9.17, 15) is 9.90 Å². The Hall–Kier alpha value is -1.97. The Morgan fingerprint density at radius 1 is 1.33 bits per heavy atom. The van der Waals surface area contributed by atoms with E-state index in [-0.39, 0.29) is 5.75 Å². The standard InChI is InChI=1S/C11H11NO3/c1-6-7(2)12(11(14)15)10-4-3-8(13)5-9(6)10/h3-5,13H,1-2H3,(H,14,15). The maximum atomic E-state index is 11.0. The summed E-state index contributed by atoms with van der Waals surface area (Å²) in [6.07, 6.45) is -1.00. The molecule has 0 unspecified atom stereocenters. The predicted octanol–water partition coefficient (Wildman–Crippen LogP) is 2.49. The molecule has 15 heavy (non-hydrogen) atoms. The number of carbonyl (C=O) groups is 1. The number of hydrogen-bond acceptors (Lipinski definition) is 2. The number of carboxylic acid groups (broad SMARTS) is 1. The molecule has 1 heterocycles. The van der Waals surface area contributed by atoms with Gasteiger partial charge in [0.25, 0.3) is 0 Å². The van der Waals surface area contributed by atoms with Crippen molar-refractivity contribution in [3.63, 3.8) is 0 Å². The van der Waals surface area contributed by atoms with E-state index in [2.05, 4.69) is 0 Å². The van der Waals surface area contributed by atoms with Gasteiger partial charge in [-0.05, 0) is 37.6 Å². The summed E-state index contributed by atoms with van der Waals surface area (Å²) in [7, 11) is 0. The molecule has 0 bridgehead atoms. The van der Waals surface area contributed by atoms with E-state index in [4.69, 9.17) is 5.11 Å². The number of nitrogens with zero attached hydrogens (tertiary/aromatic N) is 1. The molecule has 1 aromatic heterocycles. The molecule has 4 heteroatoms. The van der Waals surface area contributed by atoms with Crippen LogP contribution >= 0.6 is 0 Å². The van der Waals surface area contributed by atoms with Gasteiger partial charge >= 0.3 is 6.09 Å². The van der Waals surface area contributed by atoms with Gasteiger partial charge in [-0.15, -0.1) is 0 Å². The van der Waals surface area contributed by atoms with Gasteiger partial charge in [0.1, 0.15) is 5.75 Å². The Labute approximate surface area is 86.4 Å². The first-order valence-corrected chi connectivity index (χ1v) is 4.56. The lowest BCUT2D eigenvalue weighted by atomic mass is 10.1. The molecule has 78 valence electrons. The topological polar surface area (TPSA) is 62.5 Å². The Bertz CT molecular complexity index is 554. The van der Waals surface area contributed by atoms with Crippen LogP contribution in [-0.2, 0) is 0 Å². The highest BCUT2D eigenvalue weighted by atomic mass is 16.4. The van der Waals surface area contributed by atoms with Crippen LogP contribution in [0.4, 0.5) is 4.79 Å². The van der Waals surface area contributed by atoms with Gasteiger partial charge in [-0.3, -0.25) is 0 Å². The average Bonchev–Trinajstić information content (AvgIpc) is 2.41. The van der Waals surface area contributed by atoms with Gasteiger partial charge < -0.3 is 10.2 Å². The van der Waals surface area contributed by atoms with E-state index in [1.807, 2.05) is 6.92 Å². The number of fused-ring (bicyclic) bond motifs is 1. The van der Waals surface area contributed by atoms with Crippen molar-refractivity contribution in [1.29, 1.82) is 0 Å². The van der Waals surface area contributed by atoms with Gasteiger partial charge in [-0.1, -0.05) is 0 Å². The van der Waals surface area contributed by atoms with Crippen molar-refractivity contribution < 1.29 is 15.0 Å². The molecule has 0 spiro atoms. The van der Waals surface area contributed by atoms with Crippen molar-refractivity contribution in [3.05, 3.63) is 29.5 Å². The van der Waals surface area contributed by atoms with Crippen LogP contribution in [0.25, 0.3) is 10.9 Å². The maximum Gasteiger partial charge on any atom is 0.416 e. The van der Waals surface area contributed by atoms with Gasteiger partial charge in [0.05, 0.1) is 5.52 Å². The molecule has 2 rings (SSSR count). The first kappa shape index (κ1) is 9.58. The quantitative estimate of drug-likeness (QED) is 0.694. The minimum absolute atomic E-state index is 0.146. The molecule has 0 amide bonds. The van der Waals surface area contributed by atoms with Crippen LogP contribution in [0.3, 0.4) is 0 Å². The van der Waals surface area contributed by atoms with E-state index in [0.717, 1.165) is 10.9 Å². The van der Waals surface area contributed by atoms with Crippen molar-refractivity contribution >= 4 is 17.0 Å². The second kappa shape index (κ2) is 3.02. The van der Waals surface area contributed by atoms with Crippen molar-refractivity contribution in [2.75, 3.05) is 0 Å². The van der Waals surface area contributed by atoms with Crippen molar-refractivity contribution in [2.45, 2.75) is 13.8 Å². The monoisotopic (exact) mass is 205 g/mol. The summed E-state index contributed by atoms with van der Waals surface area (Å²) in [6, 6.07) is 4.68. The fourth-order valence-corrected chi connectivity index (χ4v) is 1.81. The minimum atomic E-state index is -1.00. The molecule has 0 aliphatic carbocycles.